The molecule has 8 nitrogen and oxygen atoms in total. The molecule has 3 atom stereocenters. The lowest BCUT2D eigenvalue weighted by molar-refractivity contribution is -0.143. The van der Waals surface area contributed by atoms with Crippen LogP contribution in [0.4, 0.5) is 4.79 Å². The zero-order valence-electron chi connectivity index (χ0n) is 24.3. The van der Waals surface area contributed by atoms with E-state index in [0.29, 0.717) is 24.1 Å². The quantitative estimate of drug-likeness (QED) is 0.293. The number of amides is 3. The summed E-state index contributed by atoms with van der Waals surface area (Å²) in [6.07, 6.45) is 3.61. The number of phenols is 1. The first-order valence-corrected chi connectivity index (χ1v) is 13.6. The number of unbranched alkanes of at least 4 members (excludes halogenated alkanes) is 2. The van der Waals surface area contributed by atoms with Crippen LogP contribution in [0, 0.1) is 12.8 Å². The van der Waals surface area contributed by atoms with Gasteiger partial charge in [-0.1, -0.05) is 53.0 Å². The van der Waals surface area contributed by atoms with Crippen molar-refractivity contribution in [3.8, 4) is 5.75 Å². The van der Waals surface area contributed by atoms with E-state index in [-0.39, 0.29) is 29.5 Å². The maximum Gasteiger partial charge on any atom is 0.408 e. The van der Waals surface area contributed by atoms with Crippen LogP contribution in [0.5, 0.6) is 5.75 Å². The number of phenolic OH excluding ortho intramolecular Hbond substituents is 1. The molecule has 3 amide bonds. The molecule has 0 aromatic heterocycles. The summed E-state index contributed by atoms with van der Waals surface area (Å²) >= 11 is 0. The fourth-order valence-corrected chi connectivity index (χ4v) is 4.17. The van der Waals surface area contributed by atoms with Gasteiger partial charge >= 0.3 is 6.09 Å². The predicted octanol–water partition coefficient (Wildman–Crippen LogP) is 5.61. The van der Waals surface area contributed by atoms with Crippen LogP contribution in [-0.2, 0) is 14.3 Å². The van der Waals surface area contributed by atoms with Crippen molar-refractivity contribution < 1.29 is 24.2 Å². The Morgan fingerprint density at radius 2 is 1.68 bits per heavy atom. The van der Waals surface area contributed by atoms with E-state index in [1.165, 1.54) is 0 Å². The van der Waals surface area contributed by atoms with Gasteiger partial charge in [0.15, 0.2) is 0 Å². The molecule has 3 unspecified atom stereocenters. The smallest absolute Gasteiger partial charge is 0.408 e. The van der Waals surface area contributed by atoms with Crippen molar-refractivity contribution in [3.05, 3.63) is 29.3 Å². The van der Waals surface area contributed by atoms with Crippen molar-refractivity contribution in [2.45, 2.75) is 118 Å². The average molecular weight is 520 g/mol. The van der Waals surface area contributed by atoms with Gasteiger partial charge in [-0.25, -0.2) is 4.79 Å². The van der Waals surface area contributed by atoms with Crippen molar-refractivity contribution in [3.63, 3.8) is 0 Å². The molecule has 0 radical (unpaired) electrons. The Balaban J connectivity index is 3.52. The minimum Gasteiger partial charge on any atom is -0.508 e. The number of hydrogen-bond donors (Lipinski definition) is 3. The number of aryl methyl sites for hydroxylation is 1. The Kier molecular flexibility index (Phi) is 12.9. The summed E-state index contributed by atoms with van der Waals surface area (Å²) in [4.78, 5) is 42.0. The average Bonchev–Trinajstić information content (AvgIpc) is 2.77. The number of ether oxygens (including phenoxy) is 1. The van der Waals surface area contributed by atoms with Gasteiger partial charge in [-0.2, -0.15) is 0 Å². The normalized spacial score (nSPS) is 14.0. The van der Waals surface area contributed by atoms with Crippen molar-refractivity contribution >= 4 is 17.9 Å². The first-order valence-electron chi connectivity index (χ1n) is 13.6. The lowest BCUT2D eigenvalue weighted by atomic mass is 9.97. The lowest BCUT2D eigenvalue weighted by Crippen LogP contribution is -2.55. The van der Waals surface area contributed by atoms with Gasteiger partial charge in [0.2, 0.25) is 11.8 Å². The number of benzene rings is 1. The monoisotopic (exact) mass is 519 g/mol. The topological polar surface area (TPSA) is 108 Å². The molecule has 0 heterocycles. The lowest BCUT2D eigenvalue weighted by Gasteiger charge is -2.36. The molecule has 0 fully saturated rings. The molecule has 0 aliphatic carbocycles. The first-order chi connectivity index (χ1) is 17.2. The Hall–Kier alpha value is -2.77. The highest BCUT2D eigenvalue weighted by Gasteiger charge is 2.37. The molecule has 8 heteroatoms. The molecule has 0 saturated carbocycles. The van der Waals surface area contributed by atoms with Gasteiger partial charge < -0.3 is 25.4 Å². The van der Waals surface area contributed by atoms with E-state index in [4.69, 9.17) is 4.74 Å². The second-order valence-electron chi connectivity index (χ2n) is 11.3. The summed E-state index contributed by atoms with van der Waals surface area (Å²) in [6.45, 7) is 17.2. The summed E-state index contributed by atoms with van der Waals surface area (Å²) < 4.78 is 5.42. The predicted molar refractivity (Wildman–Crippen MR) is 147 cm³/mol. The Bertz CT molecular complexity index is 894. The van der Waals surface area contributed by atoms with E-state index >= 15 is 0 Å². The van der Waals surface area contributed by atoms with Crippen LogP contribution < -0.4 is 10.6 Å². The van der Waals surface area contributed by atoms with Crippen LogP contribution in [0.1, 0.15) is 105 Å². The van der Waals surface area contributed by atoms with Crippen LogP contribution in [0.25, 0.3) is 0 Å². The number of aromatic hydroxyl groups is 1. The molecular formula is C29H49N3O5. The van der Waals surface area contributed by atoms with Crippen LogP contribution in [0.3, 0.4) is 0 Å². The molecule has 3 N–H and O–H groups in total. The molecule has 0 aliphatic rings. The van der Waals surface area contributed by atoms with E-state index in [1.807, 2.05) is 20.8 Å². The van der Waals surface area contributed by atoms with Crippen LogP contribution in [-0.4, -0.2) is 52.1 Å². The van der Waals surface area contributed by atoms with Crippen LogP contribution in [0.15, 0.2) is 18.2 Å². The van der Waals surface area contributed by atoms with Crippen LogP contribution >= 0.6 is 0 Å². The fraction of sp³-hybridized carbons (Fsp3) is 0.690. The van der Waals surface area contributed by atoms with E-state index in [0.717, 1.165) is 25.7 Å². The first kappa shape index (κ1) is 32.3. The minimum atomic E-state index is -0.912. The highest BCUT2D eigenvalue weighted by atomic mass is 16.6. The van der Waals surface area contributed by atoms with Crippen molar-refractivity contribution in [2.75, 3.05) is 6.54 Å². The molecule has 0 bridgehead atoms. The van der Waals surface area contributed by atoms with Crippen molar-refractivity contribution in [2.24, 2.45) is 5.92 Å². The maximum atomic E-state index is 14.1. The van der Waals surface area contributed by atoms with Gasteiger partial charge in [-0.3, -0.25) is 9.59 Å². The van der Waals surface area contributed by atoms with Gasteiger partial charge in [0.25, 0.3) is 0 Å². The maximum absolute atomic E-state index is 14.1. The number of carbonyl (C=O) groups excluding carboxylic acids is 3. The zero-order chi connectivity index (χ0) is 28.3. The summed E-state index contributed by atoms with van der Waals surface area (Å²) in [5.74, 6) is -0.739. The van der Waals surface area contributed by atoms with Gasteiger partial charge in [0.1, 0.15) is 23.4 Å². The number of rotatable bonds is 13. The van der Waals surface area contributed by atoms with Gasteiger partial charge in [-0.05, 0) is 76.6 Å². The highest BCUT2D eigenvalue weighted by molar-refractivity contribution is 5.92. The molecular weight excluding hydrogens is 470 g/mol. The summed E-state index contributed by atoms with van der Waals surface area (Å²) in [7, 11) is 0. The van der Waals surface area contributed by atoms with E-state index in [9.17, 15) is 19.5 Å². The second-order valence-corrected chi connectivity index (χ2v) is 11.3. The minimum absolute atomic E-state index is 0.0633. The third-order valence-electron chi connectivity index (χ3n) is 6.10. The molecule has 1 aromatic carbocycles. The molecule has 37 heavy (non-hydrogen) atoms. The van der Waals surface area contributed by atoms with Gasteiger partial charge in [0, 0.05) is 12.6 Å². The molecule has 0 spiro atoms. The highest BCUT2D eigenvalue weighted by Crippen LogP contribution is 2.28. The van der Waals surface area contributed by atoms with Crippen LogP contribution in [0.2, 0.25) is 0 Å². The molecule has 1 aromatic rings. The third kappa shape index (κ3) is 10.6. The SMILES string of the molecule is CCCCCN(C(=O)C(NC(=O)OC(C)(C)C)C(C)C)C(C(=O)NC(C)CCC)c1ccc(O)c(C)c1. The van der Waals surface area contributed by atoms with Gasteiger partial charge in [-0.15, -0.1) is 0 Å². The van der Waals surface area contributed by atoms with E-state index in [1.54, 1.807) is 50.8 Å². The number of nitrogens with zero attached hydrogens (tertiary/aromatic N) is 1. The zero-order valence-corrected chi connectivity index (χ0v) is 24.3. The Morgan fingerprint density at radius 3 is 2.19 bits per heavy atom. The number of alkyl carbamates (subject to hydrolysis) is 1. The Labute approximate surface area is 223 Å². The molecule has 1 rings (SSSR count). The number of hydrogen-bond acceptors (Lipinski definition) is 5. The summed E-state index contributed by atoms with van der Waals surface area (Å²) in [5, 5.41) is 15.9. The standard InChI is InChI=1S/C29H49N3O5/c1-10-12-13-17-32(27(35)24(19(3)4)31-28(36)37-29(7,8)9)25(26(34)30-21(6)14-11-2)22-15-16-23(33)20(5)18-22/h15-16,18-19,21,24-25,33H,10-14,17H2,1-9H3,(H,30,34)(H,31,36). The largest absolute Gasteiger partial charge is 0.508 e. The Morgan fingerprint density at radius 1 is 1.03 bits per heavy atom. The summed E-state index contributed by atoms with van der Waals surface area (Å²) in [5.41, 5.74) is 0.517. The van der Waals surface area contributed by atoms with Gasteiger partial charge in [0.05, 0.1) is 0 Å². The fourth-order valence-electron chi connectivity index (χ4n) is 4.17. The number of carbonyl (C=O) groups is 3. The summed E-state index contributed by atoms with van der Waals surface area (Å²) in [6, 6.07) is 3.13. The molecule has 0 saturated heterocycles. The third-order valence-corrected chi connectivity index (χ3v) is 6.10. The van der Waals surface area contributed by atoms with E-state index < -0.39 is 23.8 Å². The molecule has 210 valence electrons. The van der Waals surface area contributed by atoms with E-state index in [2.05, 4.69) is 24.5 Å². The molecule has 0 aliphatic heterocycles. The van der Waals surface area contributed by atoms with Crippen molar-refractivity contribution in [1.29, 1.82) is 0 Å². The second kappa shape index (κ2) is 14.8. The van der Waals surface area contributed by atoms with Crippen molar-refractivity contribution in [1.82, 2.24) is 15.5 Å². The number of nitrogens with one attached hydrogen (secondary N) is 2.